The maximum Gasteiger partial charge on any atom is 0.306 e. The molecule has 23 heavy (non-hydrogen) atoms. The Morgan fingerprint density at radius 2 is 1.96 bits per heavy atom. The zero-order valence-corrected chi connectivity index (χ0v) is 13.2. The zero-order valence-electron chi connectivity index (χ0n) is 13.2. The second-order valence-corrected chi connectivity index (χ2v) is 6.07. The van der Waals surface area contributed by atoms with Gasteiger partial charge in [-0.1, -0.05) is 6.07 Å². The van der Waals surface area contributed by atoms with Crippen LogP contribution in [-0.2, 0) is 4.79 Å². The number of carboxylic acid groups (broad SMARTS) is 1. The summed E-state index contributed by atoms with van der Waals surface area (Å²) in [4.78, 5) is 22.0. The van der Waals surface area contributed by atoms with Gasteiger partial charge in [-0.3, -0.25) is 19.7 Å². The molecular formula is C18H21N3O2. The Labute approximate surface area is 136 Å². The lowest BCUT2D eigenvalue weighted by molar-refractivity contribution is -0.143. The topological polar surface area (TPSA) is 66.3 Å². The van der Waals surface area contributed by atoms with E-state index in [9.17, 15) is 9.90 Å². The van der Waals surface area contributed by atoms with Crippen molar-refractivity contribution in [3.8, 4) is 0 Å². The van der Waals surface area contributed by atoms with Gasteiger partial charge in [-0.05, 0) is 61.7 Å². The lowest BCUT2D eigenvalue weighted by atomic mass is 9.91. The Bertz CT molecular complexity index is 667. The van der Waals surface area contributed by atoms with Gasteiger partial charge in [0.15, 0.2) is 0 Å². The van der Waals surface area contributed by atoms with Crippen LogP contribution in [0.5, 0.6) is 0 Å². The lowest BCUT2D eigenvalue weighted by Gasteiger charge is -2.37. The number of hydrogen-bond donors (Lipinski definition) is 1. The minimum atomic E-state index is -0.678. The van der Waals surface area contributed by atoms with Gasteiger partial charge in [-0.25, -0.2) is 0 Å². The second-order valence-electron chi connectivity index (χ2n) is 6.07. The Morgan fingerprint density at radius 1 is 1.22 bits per heavy atom. The number of pyridine rings is 2. The third-order valence-corrected chi connectivity index (χ3v) is 4.60. The molecule has 0 spiro atoms. The highest BCUT2D eigenvalue weighted by Gasteiger charge is 2.30. The van der Waals surface area contributed by atoms with E-state index < -0.39 is 5.97 Å². The van der Waals surface area contributed by atoms with Crippen molar-refractivity contribution >= 4 is 5.97 Å². The first-order valence-corrected chi connectivity index (χ1v) is 7.94. The first-order chi connectivity index (χ1) is 11.2. The molecule has 1 fully saturated rings. The van der Waals surface area contributed by atoms with E-state index in [1.165, 1.54) is 5.56 Å². The summed E-state index contributed by atoms with van der Waals surface area (Å²) in [6.45, 7) is 3.62. The molecule has 120 valence electrons. The summed E-state index contributed by atoms with van der Waals surface area (Å²) in [5.74, 6) is -0.901. The Kier molecular flexibility index (Phi) is 4.67. The fourth-order valence-corrected chi connectivity index (χ4v) is 3.32. The van der Waals surface area contributed by atoms with Crippen molar-refractivity contribution in [1.82, 2.24) is 14.9 Å². The SMILES string of the molecule is Cc1cnccc1C(c1cccnc1)N1CCC(C(=O)O)CC1. The number of aryl methyl sites for hydroxylation is 1. The number of nitrogens with zero attached hydrogens (tertiary/aromatic N) is 3. The van der Waals surface area contributed by atoms with Crippen molar-refractivity contribution in [2.45, 2.75) is 25.8 Å². The molecule has 0 bridgehead atoms. The average molecular weight is 311 g/mol. The van der Waals surface area contributed by atoms with Gasteiger partial charge in [0.25, 0.3) is 0 Å². The molecule has 0 aromatic carbocycles. The Morgan fingerprint density at radius 3 is 2.57 bits per heavy atom. The molecule has 1 saturated heterocycles. The summed E-state index contributed by atoms with van der Waals surface area (Å²) in [6.07, 6.45) is 8.75. The summed E-state index contributed by atoms with van der Waals surface area (Å²) in [5.41, 5.74) is 3.49. The summed E-state index contributed by atoms with van der Waals surface area (Å²) in [7, 11) is 0. The number of aromatic nitrogens is 2. The minimum Gasteiger partial charge on any atom is -0.481 e. The highest BCUT2D eigenvalue weighted by atomic mass is 16.4. The van der Waals surface area contributed by atoms with Gasteiger partial charge in [0.1, 0.15) is 0 Å². The van der Waals surface area contributed by atoms with Crippen LogP contribution in [-0.4, -0.2) is 39.0 Å². The molecular weight excluding hydrogens is 290 g/mol. The van der Waals surface area contributed by atoms with Crippen LogP contribution in [0.1, 0.15) is 35.6 Å². The van der Waals surface area contributed by atoms with Crippen molar-refractivity contribution in [2.75, 3.05) is 13.1 Å². The predicted octanol–water partition coefficient (Wildman–Crippen LogP) is 2.67. The maximum absolute atomic E-state index is 11.2. The third kappa shape index (κ3) is 3.40. The van der Waals surface area contributed by atoms with E-state index >= 15 is 0 Å². The van der Waals surface area contributed by atoms with Crippen molar-refractivity contribution < 1.29 is 9.90 Å². The molecule has 1 aliphatic heterocycles. The molecule has 0 aliphatic carbocycles. The molecule has 5 nitrogen and oxygen atoms in total. The molecule has 1 unspecified atom stereocenters. The fourth-order valence-electron chi connectivity index (χ4n) is 3.32. The van der Waals surface area contributed by atoms with Crippen LogP contribution in [0.4, 0.5) is 0 Å². The molecule has 2 aromatic rings. The first kappa shape index (κ1) is 15.6. The van der Waals surface area contributed by atoms with Gasteiger partial charge in [-0.2, -0.15) is 0 Å². The minimum absolute atomic E-state index is 0.0986. The largest absolute Gasteiger partial charge is 0.481 e. The van der Waals surface area contributed by atoms with Crippen LogP contribution in [0, 0.1) is 12.8 Å². The summed E-state index contributed by atoms with van der Waals surface area (Å²) in [6, 6.07) is 6.18. The maximum atomic E-state index is 11.2. The van der Waals surface area contributed by atoms with Crippen LogP contribution < -0.4 is 0 Å². The van der Waals surface area contributed by atoms with E-state index in [1.54, 1.807) is 6.20 Å². The smallest absolute Gasteiger partial charge is 0.306 e. The monoisotopic (exact) mass is 311 g/mol. The molecule has 3 rings (SSSR count). The van der Waals surface area contributed by atoms with Gasteiger partial charge in [0.05, 0.1) is 12.0 Å². The number of rotatable bonds is 4. The van der Waals surface area contributed by atoms with E-state index in [1.807, 2.05) is 24.7 Å². The van der Waals surface area contributed by atoms with E-state index in [0.29, 0.717) is 12.8 Å². The highest BCUT2D eigenvalue weighted by molar-refractivity contribution is 5.70. The lowest BCUT2D eigenvalue weighted by Crippen LogP contribution is -2.39. The van der Waals surface area contributed by atoms with Crippen molar-refractivity contribution in [2.24, 2.45) is 5.92 Å². The molecule has 5 heteroatoms. The van der Waals surface area contributed by atoms with Crippen LogP contribution in [0.15, 0.2) is 43.0 Å². The average Bonchev–Trinajstić information content (AvgIpc) is 2.58. The number of carboxylic acids is 1. The van der Waals surface area contributed by atoms with Gasteiger partial charge >= 0.3 is 5.97 Å². The van der Waals surface area contributed by atoms with Crippen LogP contribution in [0.2, 0.25) is 0 Å². The molecule has 1 N–H and O–H groups in total. The molecule has 3 heterocycles. The Balaban J connectivity index is 1.91. The normalized spacial score (nSPS) is 17.8. The quantitative estimate of drug-likeness (QED) is 0.940. The molecule has 2 aromatic heterocycles. The zero-order chi connectivity index (χ0) is 16.2. The Hall–Kier alpha value is -2.27. The number of likely N-dealkylation sites (tertiary alicyclic amines) is 1. The van der Waals surface area contributed by atoms with Gasteiger partial charge in [0, 0.05) is 24.8 Å². The number of carbonyl (C=O) groups is 1. The summed E-state index contributed by atoms with van der Waals surface area (Å²) >= 11 is 0. The molecule has 0 saturated carbocycles. The van der Waals surface area contributed by atoms with Crippen molar-refractivity contribution in [1.29, 1.82) is 0 Å². The van der Waals surface area contributed by atoms with Crippen LogP contribution in [0.25, 0.3) is 0 Å². The van der Waals surface area contributed by atoms with Gasteiger partial charge in [0.2, 0.25) is 0 Å². The van der Waals surface area contributed by atoms with Crippen LogP contribution in [0.3, 0.4) is 0 Å². The van der Waals surface area contributed by atoms with Gasteiger partial charge in [-0.15, -0.1) is 0 Å². The highest BCUT2D eigenvalue weighted by Crippen LogP contribution is 2.33. The number of piperidine rings is 1. The van der Waals surface area contributed by atoms with Gasteiger partial charge < -0.3 is 5.11 Å². The summed E-state index contributed by atoms with van der Waals surface area (Å²) in [5, 5.41) is 9.20. The fraction of sp³-hybridized carbons (Fsp3) is 0.389. The molecule has 1 atom stereocenters. The summed E-state index contributed by atoms with van der Waals surface area (Å²) < 4.78 is 0. The third-order valence-electron chi connectivity index (χ3n) is 4.60. The van der Waals surface area contributed by atoms with E-state index in [-0.39, 0.29) is 12.0 Å². The number of hydrogen-bond acceptors (Lipinski definition) is 4. The van der Waals surface area contributed by atoms with E-state index in [2.05, 4.69) is 33.9 Å². The molecule has 0 amide bonds. The molecule has 0 radical (unpaired) electrons. The van der Waals surface area contributed by atoms with E-state index in [4.69, 9.17) is 0 Å². The van der Waals surface area contributed by atoms with Crippen LogP contribution >= 0.6 is 0 Å². The predicted molar refractivity (Wildman–Crippen MR) is 87.0 cm³/mol. The number of aliphatic carboxylic acids is 1. The second kappa shape index (κ2) is 6.87. The molecule has 1 aliphatic rings. The van der Waals surface area contributed by atoms with Crippen molar-refractivity contribution in [3.63, 3.8) is 0 Å². The van der Waals surface area contributed by atoms with E-state index in [0.717, 1.165) is 24.2 Å². The van der Waals surface area contributed by atoms with Crippen molar-refractivity contribution in [3.05, 3.63) is 59.7 Å². The standard InChI is InChI=1S/C18H21N3O2/c1-13-11-20-8-4-16(13)17(15-3-2-7-19-12-15)21-9-5-14(6-10-21)18(22)23/h2-4,7-8,11-12,14,17H,5-6,9-10H2,1H3,(H,22,23). The first-order valence-electron chi connectivity index (χ1n) is 7.94.